The number of amides is 1. The number of aliphatic carboxylic acids is 1. The molecule has 1 aliphatic rings. The predicted molar refractivity (Wildman–Crippen MR) is 60.7 cm³/mol. The minimum absolute atomic E-state index is 0. The van der Waals surface area contributed by atoms with Gasteiger partial charge in [-0.1, -0.05) is 18.2 Å². The van der Waals surface area contributed by atoms with E-state index in [0.29, 0.717) is 18.5 Å². The van der Waals surface area contributed by atoms with E-state index in [1.807, 2.05) is 6.07 Å². The van der Waals surface area contributed by atoms with E-state index >= 15 is 0 Å². The summed E-state index contributed by atoms with van der Waals surface area (Å²) < 4.78 is 0. The Balaban J connectivity index is 0.00000128. The van der Waals surface area contributed by atoms with E-state index in [2.05, 4.69) is 0 Å². The van der Waals surface area contributed by atoms with Gasteiger partial charge in [0, 0.05) is 12.1 Å². The summed E-state index contributed by atoms with van der Waals surface area (Å²) in [4.78, 5) is 23.9. The average Bonchev–Trinajstić information content (AvgIpc) is 2.16. The standard InChI is InChI=1S/C11H11NO3.Na.H/c13-10(8-4-2-1-3-5-8)12-7-6-9(12)11(14)15;;/h1-5,9H,6-7H2,(H,14,15);;. The van der Waals surface area contributed by atoms with E-state index in [1.54, 1.807) is 24.3 Å². The van der Waals surface area contributed by atoms with Gasteiger partial charge in [-0.3, -0.25) is 4.79 Å². The van der Waals surface area contributed by atoms with Gasteiger partial charge in [-0.25, -0.2) is 4.79 Å². The van der Waals surface area contributed by atoms with Crippen molar-refractivity contribution in [2.24, 2.45) is 0 Å². The number of rotatable bonds is 2. The molecule has 0 saturated carbocycles. The van der Waals surface area contributed by atoms with Crippen molar-refractivity contribution in [1.82, 2.24) is 4.90 Å². The van der Waals surface area contributed by atoms with E-state index in [4.69, 9.17) is 5.11 Å². The first kappa shape index (κ1) is 13.2. The molecule has 1 atom stereocenters. The van der Waals surface area contributed by atoms with Crippen molar-refractivity contribution < 1.29 is 14.7 Å². The Bertz CT molecular complexity index is 393. The Kier molecular flexibility index (Phi) is 4.53. The number of carbonyl (C=O) groups excluding carboxylic acids is 1. The van der Waals surface area contributed by atoms with Gasteiger partial charge in [-0.15, -0.1) is 0 Å². The van der Waals surface area contributed by atoms with Gasteiger partial charge in [0.1, 0.15) is 6.04 Å². The van der Waals surface area contributed by atoms with E-state index in [-0.39, 0.29) is 35.5 Å². The molecule has 0 aromatic heterocycles. The molecule has 5 heteroatoms. The first-order chi connectivity index (χ1) is 7.20. The maximum absolute atomic E-state index is 11.8. The SMILES string of the molecule is O=C(O)C1CCN1C(=O)c1ccccc1.[NaH]. The van der Waals surface area contributed by atoms with Crippen LogP contribution in [0, 0.1) is 0 Å². The normalized spacial score (nSPS) is 18.2. The number of benzene rings is 1. The van der Waals surface area contributed by atoms with Gasteiger partial charge in [0.2, 0.25) is 0 Å². The maximum atomic E-state index is 11.8. The summed E-state index contributed by atoms with van der Waals surface area (Å²) in [6.45, 7) is 0.532. The van der Waals surface area contributed by atoms with Crippen molar-refractivity contribution >= 4 is 41.4 Å². The monoisotopic (exact) mass is 229 g/mol. The molecule has 16 heavy (non-hydrogen) atoms. The van der Waals surface area contributed by atoms with Gasteiger partial charge in [-0.2, -0.15) is 0 Å². The molecule has 0 bridgehead atoms. The summed E-state index contributed by atoms with van der Waals surface area (Å²) in [7, 11) is 0. The van der Waals surface area contributed by atoms with Gasteiger partial charge in [0.05, 0.1) is 0 Å². The third kappa shape index (κ3) is 2.45. The Hall–Kier alpha value is -0.840. The molecule has 4 nitrogen and oxygen atoms in total. The van der Waals surface area contributed by atoms with Crippen LogP contribution < -0.4 is 0 Å². The molecule has 1 amide bonds. The third-order valence-electron chi connectivity index (χ3n) is 2.59. The van der Waals surface area contributed by atoms with Crippen molar-refractivity contribution in [3.63, 3.8) is 0 Å². The molecule has 0 spiro atoms. The summed E-state index contributed by atoms with van der Waals surface area (Å²) >= 11 is 0. The molecule has 1 unspecified atom stereocenters. The summed E-state index contributed by atoms with van der Waals surface area (Å²) in [5, 5.41) is 8.81. The summed E-state index contributed by atoms with van der Waals surface area (Å²) in [5.74, 6) is -1.13. The van der Waals surface area contributed by atoms with Gasteiger partial charge in [0.15, 0.2) is 0 Å². The van der Waals surface area contributed by atoms with Crippen molar-refractivity contribution in [2.45, 2.75) is 12.5 Å². The van der Waals surface area contributed by atoms with Crippen LogP contribution in [0.1, 0.15) is 16.8 Å². The molecule has 80 valence electrons. The second kappa shape index (κ2) is 5.48. The number of carbonyl (C=O) groups is 2. The average molecular weight is 229 g/mol. The fourth-order valence-corrected chi connectivity index (χ4v) is 1.63. The number of hydrogen-bond donors (Lipinski definition) is 1. The van der Waals surface area contributed by atoms with Gasteiger partial charge >= 0.3 is 35.5 Å². The molecule has 0 radical (unpaired) electrons. The molecule has 1 aromatic rings. The molecule has 1 aromatic carbocycles. The molecular formula is C11H12NNaO3. The van der Waals surface area contributed by atoms with Crippen LogP contribution in [-0.2, 0) is 4.79 Å². The van der Waals surface area contributed by atoms with Crippen molar-refractivity contribution in [1.29, 1.82) is 0 Å². The van der Waals surface area contributed by atoms with Gasteiger partial charge in [-0.05, 0) is 18.6 Å². The molecular weight excluding hydrogens is 217 g/mol. The van der Waals surface area contributed by atoms with Crippen LogP contribution in [0.2, 0.25) is 0 Å². The van der Waals surface area contributed by atoms with Crippen LogP contribution in [-0.4, -0.2) is 64.0 Å². The zero-order chi connectivity index (χ0) is 10.8. The quantitative estimate of drug-likeness (QED) is 0.744. The fraction of sp³-hybridized carbons (Fsp3) is 0.273. The minimum atomic E-state index is -0.925. The topological polar surface area (TPSA) is 57.6 Å². The van der Waals surface area contributed by atoms with Crippen LogP contribution in [0.4, 0.5) is 0 Å². The van der Waals surface area contributed by atoms with Crippen molar-refractivity contribution in [3.05, 3.63) is 35.9 Å². The summed E-state index contributed by atoms with van der Waals surface area (Å²) in [6, 6.07) is 8.10. The Morgan fingerprint density at radius 2 is 1.88 bits per heavy atom. The molecule has 1 aliphatic heterocycles. The fourth-order valence-electron chi connectivity index (χ4n) is 1.63. The number of likely N-dealkylation sites (tertiary alicyclic amines) is 1. The molecule has 1 saturated heterocycles. The Labute approximate surface area is 116 Å². The van der Waals surface area contributed by atoms with Crippen LogP contribution in [0.25, 0.3) is 0 Å². The second-order valence-corrected chi connectivity index (χ2v) is 3.51. The van der Waals surface area contributed by atoms with Crippen molar-refractivity contribution in [2.75, 3.05) is 6.54 Å². The van der Waals surface area contributed by atoms with E-state index in [0.717, 1.165) is 0 Å². The van der Waals surface area contributed by atoms with Crippen LogP contribution in [0.3, 0.4) is 0 Å². The Morgan fingerprint density at radius 3 is 2.31 bits per heavy atom. The van der Waals surface area contributed by atoms with Gasteiger partial charge in [0.25, 0.3) is 5.91 Å². The molecule has 1 heterocycles. The number of carboxylic acids is 1. The molecule has 2 rings (SSSR count). The van der Waals surface area contributed by atoms with Crippen LogP contribution in [0.15, 0.2) is 30.3 Å². The zero-order valence-corrected chi connectivity index (χ0v) is 8.09. The summed E-state index contributed by atoms with van der Waals surface area (Å²) in [5.41, 5.74) is 0.545. The predicted octanol–water partition coefficient (Wildman–Crippen LogP) is 0.337. The van der Waals surface area contributed by atoms with Crippen LogP contribution in [0.5, 0.6) is 0 Å². The molecule has 1 N–H and O–H groups in total. The van der Waals surface area contributed by atoms with Crippen molar-refractivity contribution in [3.8, 4) is 0 Å². The molecule has 0 aliphatic carbocycles. The number of nitrogens with zero attached hydrogens (tertiary/aromatic N) is 1. The third-order valence-corrected chi connectivity index (χ3v) is 2.59. The van der Waals surface area contributed by atoms with Crippen LogP contribution >= 0.6 is 0 Å². The first-order valence-corrected chi connectivity index (χ1v) is 4.79. The Morgan fingerprint density at radius 1 is 1.25 bits per heavy atom. The number of hydrogen-bond acceptors (Lipinski definition) is 2. The second-order valence-electron chi connectivity index (χ2n) is 3.51. The van der Waals surface area contributed by atoms with E-state index in [9.17, 15) is 9.59 Å². The first-order valence-electron chi connectivity index (χ1n) is 4.79. The van der Waals surface area contributed by atoms with Gasteiger partial charge < -0.3 is 10.0 Å². The van der Waals surface area contributed by atoms with E-state index in [1.165, 1.54) is 4.90 Å². The summed E-state index contributed by atoms with van der Waals surface area (Å²) in [6.07, 6.45) is 0.550. The van der Waals surface area contributed by atoms with E-state index < -0.39 is 12.0 Å². The zero-order valence-electron chi connectivity index (χ0n) is 8.09. The number of carboxylic acid groups (broad SMARTS) is 1. The molecule has 1 fully saturated rings.